The number of rotatable bonds is 8. The van der Waals surface area contributed by atoms with Crippen LogP contribution in [-0.2, 0) is 0 Å². The molecule has 1 nitrogen and oxygen atoms in total. The molecule has 11 aromatic carbocycles. The molecule has 0 heterocycles. The molecule has 0 bridgehead atoms. The maximum absolute atomic E-state index is 2.38. The molecule has 0 amide bonds. The summed E-state index contributed by atoms with van der Waals surface area (Å²) in [5.41, 5.74) is 15.4. The van der Waals surface area contributed by atoms with Gasteiger partial charge in [0.05, 0.1) is 0 Å². The number of hydrogen-bond acceptors (Lipinski definition) is 1. The minimum Gasteiger partial charge on any atom is -0.310 e. The minimum absolute atomic E-state index is 1.09. The first kappa shape index (κ1) is 36.1. The number of fused-ring (bicyclic) bond motifs is 3. The first-order valence-corrected chi connectivity index (χ1v) is 21.0. The summed E-state index contributed by atoms with van der Waals surface area (Å²) in [4.78, 5) is 2.38. The van der Waals surface area contributed by atoms with Crippen LogP contribution in [0, 0.1) is 0 Å². The van der Waals surface area contributed by atoms with Crippen LogP contribution in [0.15, 0.2) is 249 Å². The summed E-state index contributed by atoms with van der Waals surface area (Å²) in [5, 5.41) is 7.48. The van der Waals surface area contributed by atoms with Gasteiger partial charge in [-0.15, -0.1) is 0 Å². The van der Waals surface area contributed by atoms with E-state index in [-0.39, 0.29) is 0 Å². The highest BCUT2D eigenvalue weighted by atomic mass is 15.1. The smallest absolute Gasteiger partial charge is 0.0467 e. The third kappa shape index (κ3) is 6.83. The lowest BCUT2D eigenvalue weighted by Gasteiger charge is -2.27. The molecule has 0 radical (unpaired) electrons. The molecule has 0 saturated heterocycles. The molecule has 0 aliphatic heterocycles. The van der Waals surface area contributed by atoms with Crippen molar-refractivity contribution in [2.75, 3.05) is 4.90 Å². The van der Waals surface area contributed by atoms with Gasteiger partial charge in [-0.3, -0.25) is 0 Å². The fraction of sp³-hybridized carbons (Fsp3) is 0. The molecule has 11 aromatic rings. The van der Waals surface area contributed by atoms with E-state index in [0.29, 0.717) is 0 Å². The molecule has 286 valence electrons. The van der Waals surface area contributed by atoms with Gasteiger partial charge in [-0.05, 0) is 130 Å². The molecule has 11 rings (SSSR count). The Kier molecular flexibility index (Phi) is 9.26. The summed E-state index contributed by atoms with van der Waals surface area (Å²) >= 11 is 0. The van der Waals surface area contributed by atoms with Crippen molar-refractivity contribution in [1.29, 1.82) is 0 Å². The number of benzene rings is 11. The summed E-state index contributed by atoms with van der Waals surface area (Å²) in [6, 6.07) is 90.4. The van der Waals surface area contributed by atoms with Crippen LogP contribution < -0.4 is 4.90 Å². The van der Waals surface area contributed by atoms with Crippen LogP contribution in [0.25, 0.3) is 88.0 Å². The third-order valence-corrected chi connectivity index (χ3v) is 12.1. The van der Waals surface area contributed by atoms with E-state index in [1.54, 1.807) is 0 Å². The summed E-state index contributed by atoms with van der Waals surface area (Å²) < 4.78 is 0. The van der Waals surface area contributed by atoms with E-state index in [4.69, 9.17) is 0 Å². The van der Waals surface area contributed by atoms with E-state index >= 15 is 0 Å². The van der Waals surface area contributed by atoms with Crippen LogP contribution in [0.5, 0.6) is 0 Å². The fourth-order valence-corrected chi connectivity index (χ4v) is 9.10. The van der Waals surface area contributed by atoms with E-state index in [2.05, 4.69) is 254 Å². The average Bonchev–Trinajstić information content (AvgIpc) is 3.34. The lowest BCUT2D eigenvalue weighted by atomic mass is 9.91. The Hall–Kier alpha value is -8.00. The lowest BCUT2D eigenvalue weighted by Crippen LogP contribution is -2.10. The normalized spacial score (nSPS) is 11.3. The van der Waals surface area contributed by atoms with E-state index in [1.165, 1.54) is 88.0 Å². The zero-order chi connectivity index (χ0) is 40.5. The monoisotopic (exact) mass is 775 g/mol. The van der Waals surface area contributed by atoms with Crippen molar-refractivity contribution in [3.8, 4) is 55.6 Å². The van der Waals surface area contributed by atoms with Crippen LogP contribution in [0.2, 0.25) is 0 Å². The van der Waals surface area contributed by atoms with E-state index < -0.39 is 0 Å². The SMILES string of the molecule is c1ccc(-c2cccc3cccc(-c4ccc(N(c5ccc(-c6ccccc6-c6ccc7ccccc7c6)cc5)c5cccc(-c6cccc7ccccc67)c5)cc4)c23)cc1. The highest BCUT2D eigenvalue weighted by Gasteiger charge is 2.17. The van der Waals surface area contributed by atoms with Crippen LogP contribution in [0.4, 0.5) is 17.1 Å². The van der Waals surface area contributed by atoms with Gasteiger partial charge >= 0.3 is 0 Å². The predicted molar refractivity (Wildman–Crippen MR) is 261 cm³/mol. The molecular weight excluding hydrogens is 735 g/mol. The molecule has 61 heavy (non-hydrogen) atoms. The Bertz CT molecular complexity index is 3330. The molecule has 1 heteroatoms. The largest absolute Gasteiger partial charge is 0.310 e. The zero-order valence-electron chi connectivity index (χ0n) is 33.6. The highest BCUT2D eigenvalue weighted by molar-refractivity contribution is 6.06. The molecule has 0 unspecified atom stereocenters. The summed E-state index contributed by atoms with van der Waals surface area (Å²) in [6.45, 7) is 0. The van der Waals surface area contributed by atoms with Gasteiger partial charge in [0.15, 0.2) is 0 Å². The van der Waals surface area contributed by atoms with Gasteiger partial charge in [0.25, 0.3) is 0 Å². The third-order valence-electron chi connectivity index (χ3n) is 12.1. The average molecular weight is 776 g/mol. The van der Waals surface area contributed by atoms with Gasteiger partial charge in [-0.2, -0.15) is 0 Å². The molecule has 0 atom stereocenters. The van der Waals surface area contributed by atoms with Crippen LogP contribution >= 0.6 is 0 Å². The molecule has 0 aromatic heterocycles. The van der Waals surface area contributed by atoms with Gasteiger partial charge in [0.1, 0.15) is 0 Å². The first-order chi connectivity index (χ1) is 30.2. The minimum atomic E-state index is 1.09. The van der Waals surface area contributed by atoms with Gasteiger partial charge in [0.2, 0.25) is 0 Å². The maximum atomic E-state index is 2.38. The van der Waals surface area contributed by atoms with Gasteiger partial charge in [-0.25, -0.2) is 0 Å². The Morgan fingerprint density at radius 1 is 0.213 bits per heavy atom. The molecule has 0 fully saturated rings. The summed E-state index contributed by atoms with van der Waals surface area (Å²) in [6.07, 6.45) is 0. The summed E-state index contributed by atoms with van der Waals surface area (Å²) in [7, 11) is 0. The Morgan fingerprint density at radius 3 is 1.36 bits per heavy atom. The standard InChI is InChI=1S/C60H41N/c1-2-15-44(16-3-1)58-28-12-20-47-21-13-29-59(60(47)58)46-34-38-52(39-35-46)61(53-23-10-22-49(41-53)57-27-11-19-43-17-6-7-24-54(43)57)51-36-32-45(33-37-51)55-25-8-9-26-56(55)50-31-30-42-14-4-5-18-48(42)40-50/h1-41H. The van der Waals surface area contributed by atoms with E-state index in [0.717, 1.165) is 17.1 Å². The van der Waals surface area contributed by atoms with Crippen molar-refractivity contribution < 1.29 is 0 Å². The van der Waals surface area contributed by atoms with Gasteiger partial charge in [-0.1, -0.05) is 206 Å². The first-order valence-electron chi connectivity index (χ1n) is 21.0. The van der Waals surface area contributed by atoms with E-state index in [1.807, 2.05) is 0 Å². The highest BCUT2D eigenvalue weighted by Crippen LogP contribution is 2.42. The van der Waals surface area contributed by atoms with Gasteiger partial charge in [0, 0.05) is 17.1 Å². The molecule has 0 aliphatic carbocycles. The van der Waals surface area contributed by atoms with Crippen molar-refractivity contribution in [2.45, 2.75) is 0 Å². The number of hydrogen-bond donors (Lipinski definition) is 0. The molecule has 0 N–H and O–H groups in total. The van der Waals surface area contributed by atoms with Crippen molar-refractivity contribution in [1.82, 2.24) is 0 Å². The van der Waals surface area contributed by atoms with Crippen LogP contribution in [0.3, 0.4) is 0 Å². The lowest BCUT2D eigenvalue weighted by molar-refractivity contribution is 1.28. The maximum Gasteiger partial charge on any atom is 0.0467 e. The number of nitrogens with zero attached hydrogens (tertiary/aromatic N) is 1. The quantitative estimate of drug-likeness (QED) is 0.149. The van der Waals surface area contributed by atoms with Crippen molar-refractivity contribution in [3.05, 3.63) is 249 Å². The zero-order valence-corrected chi connectivity index (χ0v) is 33.6. The predicted octanol–water partition coefficient (Wildman–Crippen LogP) is 17.0. The molecule has 0 spiro atoms. The van der Waals surface area contributed by atoms with Crippen molar-refractivity contribution in [3.63, 3.8) is 0 Å². The van der Waals surface area contributed by atoms with Crippen molar-refractivity contribution >= 4 is 49.4 Å². The summed E-state index contributed by atoms with van der Waals surface area (Å²) in [5.74, 6) is 0. The molecule has 0 saturated carbocycles. The Morgan fingerprint density at radius 2 is 0.656 bits per heavy atom. The molecule has 0 aliphatic rings. The number of anilines is 3. The topological polar surface area (TPSA) is 3.24 Å². The second-order valence-corrected chi connectivity index (χ2v) is 15.7. The van der Waals surface area contributed by atoms with Crippen molar-refractivity contribution in [2.24, 2.45) is 0 Å². The Labute approximate surface area is 357 Å². The van der Waals surface area contributed by atoms with Crippen LogP contribution in [-0.4, -0.2) is 0 Å². The van der Waals surface area contributed by atoms with Gasteiger partial charge < -0.3 is 4.90 Å². The van der Waals surface area contributed by atoms with E-state index in [9.17, 15) is 0 Å². The second-order valence-electron chi connectivity index (χ2n) is 15.7. The Balaban J connectivity index is 1.02. The second kappa shape index (κ2) is 15.6. The van der Waals surface area contributed by atoms with Crippen LogP contribution in [0.1, 0.15) is 0 Å². The molecular formula is C60H41N. The fourth-order valence-electron chi connectivity index (χ4n) is 9.10.